The van der Waals surface area contributed by atoms with Gasteiger partial charge in [0.05, 0.1) is 17.7 Å². The van der Waals surface area contributed by atoms with Gasteiger partial charge >= 0.3 is 0 Å². The summed E-state index contributed by atoms with van der Waals surface area (Å²) in [4.78, 5) is 2.24. The molecule has 1 saturated heterocycles. The number of likely N-dealkylation sites (N-methyl/N-ethyl adjacent to an activating group) is 1. The molecule has 2 rings (SSSR count). The summed E-state index contributed by atoms with van der Waals surface area (Å²) in [5.41, 5.74) is 2.91. The van der Waals surface area contributed by atoms with E-state index >= 15 is 0 Å². The number of nitrogens with one attached hydrogen (secondary N) is 3. The number of hydrogen-bond donors (Lipinski definition) is 5. The van der Waals surface area contributed by atoms with Gasteiger partial charge in [0.25, 0.3) is 0 Å². The van der Waals surface area contributed by atoms with Gasteiger partial charge < -0.3 is 25.7 Å². The molecule has 1 fully saturated rings. The molecule has 0 aromatic rings. The van der Waals surface area contributed by atoms with E-state index in [1.54, 1.807) is 6.92 Å². The number of rotatable bonds is 10. The quantitative estimate of drug-likeness (QED) is 0.214. The van der Waals surface area contributed by atoms with Crippen molar-refractivity contribution in [3.63, 3.8) is 0 Å². The summed E-state index contributed by atoms with van der Waals surface area (Å²) in [6.07, 6.45) is 12.2. The number of nitrogens with zero attached hydrogens (tertiary/aromatic N) is 1. The highest BCUT2D eigenvalue weighted by Crippen LogP contribution is 2.29. The lowest BCUT2D eigenvalue weighted by Crippen LogP contribution is -2.50. The van der Waals surface area contributed by atoms with Crippen LogP contribution in [0.15, 0.2) is 54.5 Å². The largest absolute Gasteiger partial charge is 0.392 e. The van der Waals surface area contributed by atoms with Crippen molar-refractivity contribution in [1.29, 1.82) is 0 Å². The van der Waals surface area contributed by atoms with Gasteiger partial charge in [0, 0.05) is 44.7 Å². The Morgan fingerprint density at radius 1 is 1.38 bits per heavy atom. The Morgan fingerprint density at radius 2 is 2.10 bits per heavy atom. The van der Waals surface area contributed by atoms with Crippen LogP contribution < -0.4 is 16.0 Å². The Bertz CT molecular complexity index is 645. The normalized spacial score (nSPS) is 28.0. The molecule has 1 aliphatic heterocycles. The summed E-state index contributed by atoms with van der Waals surface area (Å²) in [6, 6.07) is -0.0710. The van der Waals surface area contributed by atoms with Gasteiger partial charge in [-0.05, 0) is 33.4 Å². The van der Waals surface area contributed by atoms with E-state index in [1.165, 1.54) is 0 Å². The Labute approximate surface area is 175 Å². The van der Waals surface area contributed by atoms with Gasteiger partial charge in [-0.2, -0.15) is 0 Å². The van der Waals surface area contributed by atoms with E-state index in [2.05, 4.69) is 39.2 Å². The van der Waals surface area contributed by atoms with E-state index in [1.807, 2.05) is 44.4 Å². The van der Waals surface area contributed by atoms with Crippen LogP contribution in [0, 0.1) is 11.8 Å². The van der Waals surface area contributed by atoms with Crippen LogP contribution in [0.3, 0.4) is 0 Å². The van der Waals surface area contributed by atoms with Crippen LogP contribution in [0.25, 0.3) is 0 Å². The zero-order valence-corrected chi connectivity index (χ0v) is 18.1. The Kier molecular flexibility index (Phi) is 9.37. The molecule has 29 heavy (non-hydrogen) atoms. The molecule has 6 nitrogen and oxygen atoms in total. The highest BCUT2D eigenvalue weighted by Gasteiger charge is 2.36. The maximum Gasteiger partial charge on any atom is 0.142 e. The minimum Gasteiger partial charge on any atom is -0.392 e. The van der Waals surface area contributed by atoms with Gasteiger partial charge in [-0.1, -0.05) is 37.0 Å². The van der Waals surface area contributed by atoms with Crippen LogP contribution in [0.5, 0.6) is 0 Å². The summed E-state index contributed by atoms with van der Waals surface area (Å²) in [5, 5.41) is 31.2. The van der Waals surface area contributed by atoms with Crippen LogP contribution in [-0.2, 0) is 0 Å². The fourth-order valence-corrected chi connectivity index (χ4v) is 3.95. The van der Waals surface area contributed by atoms with Crippen LogP contribution in [-0.4, -0.2) is 72.8 Å². The second-order valence-corrected chi connectivity index (χ2v) is 7.94. The summed E-state index contributed by atoms with van der Waals surface area (Å²) in [6.45, 7) is 12.0. The van der Waals surface area contributed by atoms with Gasteiger partial charge in [0.2, 0.25) is 0 Å². The average molecular weight is 403 g/mol. The maximum absolute atomic E-state index is 11.1. The van der Waals surface area contributed by atoms with Crippen molar-refractivity contribution in [3.05, 3.63) is 54.5 Å². The molecule has 0 aromatic carbocycles. The average Bonchev–Trinajstić information content (AvgIpc) is 3.05. The first-order valence-electron chi connectivity index (χ1n) is 10.6. The lowest BCUT2D eigenvalue weighted by atomic mass is 9.95. The van der Waals surface area contributed by atoms with Crippen LogP contribution in [0.2, 0.25) is 0 Å². The molecule has 0 spiro atoms. The molecule has 0 radical (unpaired) electrons. The number of hydrogen-bond acceptors (Lipinski definition) is 6. The highest BCUT2D eigenvalue weighted by atomic mass is 16.3. The molecule has 2 aliphatic rings. The first-order valence-corrected chi connectivity index (χ1v) is 10.6. The zero-order chi connectivity index (χ0) is 21.3. The van der Waals surface area contributed by atoms with E-state index < -0.39 is 11.8 Å². The van der Waals surface area contributed by atoms with E-state index in [9.17, 15) is 10.2 Å². The minimum atomic E-state index is -1.07. The number of aliphatic hydroxyl groups is 2. The Balaban J connectivity index is 2.05. The van der Waals surface area contributed by atoms with Crippen molar-refractivity contribution in [2.75, 3.05) is 39.8 Å². The van der Waals surface area contributed by atoms with E-state index in [-0.39, 0.29) is 17.9 Å². The topological polar surface area (TPSA) is 79.8 Å². The molecule has 0 aromatic heterocycles. The first-order chi connectivity index (χ1) is 13.9. The third-order valence-corrected chi connectivity index (χ3v) is 5.56. The first kappa shape index (κ1) is 23.6. The van der Waals surface area contributed by atoms with Crippen molar-refractivity contribution in [1.82, 2.24) is 20.9 Å². The predicted octanol–water partition coefficient (Wildman–Crippen LogP) is 1.13. The molecular formula is C23H38N4O2. The molecule has 0 bridgehead atoms. The monoisotopic (exact) mass is 402 g/mol. The fraction of sp³-hybridized carbons (Fsp3) is 0.609. The van der Waals surface area contributed by atoms with Gasteiger partial charge in [0.1, 0.15) is 5.72 Å². The number of allylic oxidation sites excluding steroid dienone is 1. The summed E-state index contributed by atoms with van der Waals surface area (Å²) >= 11 is 0. The number of piperazine rings is 1. The standard InChI is InChI=1S/C23H38N4O2/c1-5-22(27-16-14-25-15-17-27)21(19(3)28)11-10-18(2)26-23(29)12-6-8-20(23)9-7-13-24-4/h6-7,9-12,18-21,24-26,28-29H,1,8,13-17H2,2-4H3/b9-7-,11-10-/t18?,19-,20+,21?,23?/m0/s1. The van der Waals surface area contributed by atoms with Crippen LogP contribution in [0.4, 0.5) is 0 Å². The second kappa shape index (κ2) is 11.5. The molecule has 5 N–H and O–H groups in total. The molecule has 0 saturated carbocycles. The molecular weight excluding hydrogens is 364 g/mol. The predicted molar refractivity (Wildman–Crippen MR) is 119 cm³/mol. The molecule has 0 amide bonds. The lowest BCUT2D eigenvalue weighted by molar-refractivity contribution is 0.0187. The third-order valence-electron chi connectivity index (χ3n) is 5.56. The SMILES string of the molecule is C=C=C(C(/C=C\C(C)NC1(O)C=CC[C@@H]1/C=C\CNC)[C@H](C)O)N1CCNCC1. The van der Waals surface area contributed by atoms with Crippen molar-refractivity contribution >= 4 is 0 Å². The van der Waals surface area contributed by atoms with Crippen molar-refractivity contribution < 1.29 is 10.2 Å². The van der Waals surface area contributed by atoms with Crippen molar-refractivity contribution in [2.45, 2.75) is 38.1 Å². The van der Waals surface area contributed by atoms with Gasteiger partial charge in [-0.15, -0.1) is 5.73 Å². The van der Waals surface area contributed by atoms with Gasteiger partial charge in [0.15, 0.2) is 0 Å². The highest BCUT2D eigenvalue weighted by molar-refractivity contribution is 5.19. The lowest BCUT2D eigenvalue weighted by Gasteiger charge is -2.35. The van der Waals surface area contributed by atoms with Gasteiger partial charge in [-0.3, -0.25) is 5.32 Å². The second-order valence-electron chi connectivity index (χ2n) is 7.94. The molecule has 162 valence electrons. The third kappa shape index (κ3) is 6.68. The van der Waals surface area contributed by atoms with Gasteiger partial charge in [-0.25, -0.2) is 0 Å². The van der Waals surface area contributed by atoms with Crippen molar-refractivity contribution in [2.24, 2.45) is 11.8 Å². The zero-order valence-electron chi connectivity index (χ0n) is 18.1. The van der Waals surface area contributed by atoms with E-state index in [0.29, 0.717) is 0 Å². The summed E-state index contributed by atoms with van der Waals surface area (Å²) < 4.78 is 0. The smallest absolute Gasteiger partial charge is 0.142 e. The summed E-state index contributed by atoms with van der Waals surface area (Å²) in [5.74, 6) is -0.182. The summed E-state index contributed by atoms with van der Waals surface area (Å²) in [7, 11) is 1.90. The maximum atomic E-state index is 11.1. The Morgan fingerprint density at radius 3 is 2.72 bits per heavy atom. The van der Waals surface area contributed by atoms with Crippen LogP contribution >= 0.6 is 0 Å². The molecule has 3 unspecified atom stereocenters. The van der Waals surface area contributed by atoms with E-state index in [4.69, 9.17) is 0 Å². The molecule has 1 aliphatic carbocycles. The molecule has 6 heteroatoms. The number of aliphatic hydroxyl groups excluding tert-OH is 1. The van der Waals surface area contributed by atoms with E-state index in [0.717, 1.165) is 44.8 Å². The minimum absolute atomic E-state index is 0.00347. The fourth-order valence-electron chi connectivity index (χ4n) is 3.95. The van der Waals surface area contributed by atoms with Crippen molar-refractivity contribution in [3.8, 4) is 0 Å². The molecule has 5 atom stereocenters. The Hall–Kier alpha value is -1.66. The molecule has 1 heterocycles. The van der Waals surface area contributed by atoms with Crippen LogP contribution in [0.1, 0.15) is 20.3 Å².